The van der Waals surface area contributed by atoms with Gasteiger partial charge >= 0.3 is 0 Å². The van der Waals surface area contributed by atoms with E-state index in [1.165, 1.54) is 29.5 Å². The van der Waals surface area contributed by atoms with Crippen molar-refractivity contribution >= 4 is 0 Å². The smallest absolute Gasteiger partial charge is 0.0305 e. The van der Waals surface area contributed by atoms with Crippen molar-refractivity contribution in [2.24, 2.45) is 0 Å². The van der Waals surface area contributed by atoms with Crippen LogP contribution in [0.15, 0.2) is 18.2 Å². The molecule has 0 amide bonds. The van der Waals surface area contributed by atoms with Crippen molar-refractivity contribution in [3.63, 3.8) is 0 Å². The molecule has 0 aliphatic carbocycles. The van der Waals surface area contributed by atoms with E-state index < -0.39 is 0 Å². The van der Waals surface area contributed by atoms with Crippen LogP contribution in [0.3, 0.4) is 0 Å². The molecule has 0 radical (unpaired) electrons. The molecule has 0 bridgehead atoms. The number of rotatable bonds is 2. The van der Waals surface area contributed by atoms with E-state index >= 15 is 0 Å². The number of hydrogen-bond acceptors (Lipinski definition) is 0. The Bertz CT molecular complexity index is 246. The molecule has 0 spiro atoms. The summed E-state index contributed by atoms with van der Waals surface area (Å²) in [4.78, 5) is 0. The predicted molar refractivity (Wildman–Crippen MR) is 77.2 cm³/mol. The molecule has 0 heterocycles. The highest BCUT2D eigenvalue weighted by molar-refractivity contribution is 5.32. The molecule has 0 heteroatoms. The van der Waals surface area contributed by atoms with Crippen molar-refractivity contribution < 1.29 is 0 Å². The minimum atomic E-state index is 1.15. The van der Waals surface area contributed by atoms with E-state index in [9.17, 15) is 0 Å². The van der Waals surface area contributed by atoms with Crippen molar-refractivity contribution in [3.05, 3.63) is 34.9 Å². The average molecular weight is 222 g/mol. The number of unbranched alkanes of at least 4 members (excludes halogenated alkanes) is 1. The van der Waals surface area contributed by atoms with Gasteiger partial charge < -0.3 is 0 Å². The topological polar surface area (TPSA) is 0 Å². The van der Waals surface area contributed by atoms with Gasteiger partial charge in [-0.25, -0.2) is 0 Å². The van der Waals surface area contributed by atoms with Gasteiger partial charge in [-0.2, -0.15) is 0 Å². The van der Waals surface area contributed by atoms with Crippen LogP contribution < -0.4 is 0 Å². The lowest BCUT2D eigenvalue weighted by atomic mass is 10.0. The maximum absolute atomic E-state index is 2.20. The maximum atomic E-state index is 2.20. The fraction of sp³-hybridized carbons (Fsp3) is 0.625. The third-order valence-corrected chi connectivity index (χ3v) is 2.60. The SMILES string of the molecule is CC.CCCC.CCc1cccc(C)c1C. The fourth-order valence-corrected chi connectivity index (χ4v) is 1.19. The summed E-state index contributed by atoms with van der Waals surface area (Å²) in [5.74, 6) is 0. The van der Waals surface area contributed by atoms with Gasteiger partial charge in [0.05, 0.1) is 0 Å². The van der Waals surface area contributed by atoms with Crippen LogP contribution in [0, 0.1) is 13.8 Å². The van der Waals surface area contributed by atoms with E-state index in [-0.39, 0.29) is 0 Å². The van der Waals surface area contributed by atoms with Gasteiger partial charge in [-0.15, -0.1) is 0 Å². The quantitative estimate of drug-likeness (QED) is 0.602. The van der Waals surface area contributed by atoms with Crippen molar-refractivity contribution in [2.45, 2.75) is 67.7 Å². The second kappa shape index (κ2) is 12.3. The van der Waals surface area contributed by atoms with E-state index in [1.54, 1.807) is 0 Å². The zero-order valence-electron chi connectivity index (χ0n) is 12.4. The van der Waals surface area contributed by atoms with Crippen LogP contribution in [0.2, 0.25) is 0 Å². The lowest BCUT2D eigenvalue weighted by Gasteiger charge is -2.04. The molecule has 0 aromatic heterocycles. The minimum Gasteiger partial charge on any atom is -0.0683 e. The Morgan fingerprint density at radius 2 is 1.38 bits per heavy atom. The molecule has 0 saturated heterocycles. The van der Waals surface area contributed by atoms with Crippen molar-refractivity contribution in [1.82, 2.24) is 0 Å². The Labute approximate surface area is 103 Å². The van der Waals surface area contributed by atoms with Gasteiger partial charge in [0, 0.05) is 0 Å². The summed E-state index contributed by atoms with van der Waals surface area (Å²) < 4.78 is 0. The Hall–Kier alpha value is -0.780. The van der Waals surface area contributed by atoms with Crippen molar-refractivity contribution in [1.29, 1.82) is 0 Å². The zero-order valence-corrected chi connectivity index (χ0v) is 12.4. The monoisotopic (exact) mass is 222 g/mol. The van der Waals surface area contributed by atoms with Crippen molar-refractivity contribution in [2.75, 3.05) is 0 Å². The number of benzene rings is 1. The van der Waals surface area contributed by atoms with E-state index in [4.69, 9.17) is 0 Å². The lowest BCUT2D eigenvalue weighted by molar-refractivity contribution is 0.886. The normalized spacial score (nSPS) is 8.44. The Morgan fingerprint density at radius 3 is 1.69 bits per heavy atom. The van der Waals surface area contributed by atoms with Crippen LogP contribution in [0.25, 0.3) is 0 Å². The standard InChI is InChI=1S/C10H14.C4H10.C2H6/c1-4-10-7-5-6-8(2)9(10)3;1-3-4-2;1-2/h5-7H,4H2,1-3H3;3-4H2,1-2H3;1-2H3. The molecule has 0 nitrogen and oxygen atoms in total. The van der Waals surface area contributed by atoms with Crippen LogP contribution >= 0.6 is 0 Å². The van der Waals surface area contributed by atoms with E-state index in [0.717, 1.165) is 6.42 Å². The first kappa shape index (κ1) is 17.6. The summed E-state index contributed by atoms with van der Waals surface area (Å²) >= 11 is 0. The predicted octanol–water partition coefficient (Wildman–Crippen LogP) is 5.70. The third kappa shape index (κ3) is 7.50. The average Bonchev–Trinajstić information content (AvgIpc) is 2.35. The number of hydrogen-bond donors (Lipinski definition) is 0. The molecule has 1 aromatic rings. The molecule has 0 aliphatic rings. The van der Waals surface area contributed by atoms with Gasteiger partial charge in [0.1, 0.15) is 0 Å². The molecule has 0 atom stereocenters. The Kier molecular flexibility index (Phi) is 13.5. The molecule has 0 saturated carbocycles. The minimum absolute atomic E-state index is 1.15. The van der Waals surface area contributed by atoms with Gasteiger partial charge in [-0.05, 0) is 37.0 Å². The first-order valence-corrected chi connectivity index (χ1v) is 6.72. The number of aryl methyl sites for hydroxylation is 2. The Morgan fingerprint density at radius 1 is 0.875 bits per heavy atom. The first-order valence-electron chi connectivity index (χ1n) is 6.72. The molecule has 0 N–H and O–H groups in total. The van der Waals surface area contributed by atoms with E-state index in [2.05, 4.69) is 52.8 Å². The fourth-order valence-electron chi connectivity index (χ4n) is 1.19. The molecule has 0 unspecified atom stereocenters. The van der Waals surface area contributed by atoms with Gasteiger partial charge in [-0.3, -0.25) is 0 Å². The summed E-state index contributed by atoms with van der Waals surface area (Å²) in [7, 11) is 0. The van der Waals surface area contributed by atoms with Crippen LogP contribution in [0.1, 0.15) is 64.2 Å². The zero-order chi connectivity index (χ0) is 13.0. The van der Waals surface area contributed by atoms with Crippen LogP contribution in [-0.4, -0.2) is 0 Å². The highest BCUT2D eigenvalue weighted by atomic mass is 14.0. The molecule has 1 aromatic carbocycles. The first-order chi connectivity index (χ1) is 7.67. The highest BCUT2D eigenvalue weighted by Gasteiger charge is 1.95. The van der Waals surface area contributed by atoms with Gasteiger partial charge in [-0.1, -0.05) is 65.7 Å². The van der Waals surface area contributed by atoms with Crippen LogP contribution in [0.4, 0.5) is 0 Å². The second-order valence-corrected chi connectivity index (χ2v) is 3.71. The second-order valence-electron chi connectivity index (χ2n) is 3.71. The molecule has 1 rings (SSSR count). The molecule has 94 valence electrons. The lowest BCUT2D eigenvalue weighted by Crippen LogP contribution is -1.88. The molecule has 16 heavy (non-hydrogen) atoms. The molecule has 0 aliphatic heterocycles. The van der Waals surface area contributed by atoms with Gasteiger partial charge in [0.25, 0.3) is 0 Å². The summed E-state index contributed by atoms with van der Waals surface area (Å²) in [6, 6.07) is 6.48. The summed E-state index contributed by atoms with van der Waals surface area (Å²) in [5, 5.41) is 0. The molecular formula is C16H30. The molecule has 0 fully saturated rings. The Balaban J connectivity index is 0. The van der Waals surface area contributed by atoms with Crippen molar-refractivity contribution in [3.8, 4) is 0 Å². The van der Waals surface area contributed by atoms with E-state index in [1.807, 2.05) is 13.8 Å². The summed E-state index contributed by atoms with van der Waals surface area (Å²) in [6.45, 7) is 14.9. The summed E-state index contributed by atoms with van der Waals surface area (Å²) in [5.41, 5.74) is 4.32. The van der Waals surface area contributed by atoms with Gasteiger partial charge in [0.15, 0.2) is 0 Å². The molecular weight excluding hydrogens is 192 g/mol. The third-order valence-electron chi connectivity index (χ3n) is 2.60. The van der Waals surface area contributed by atoms with Crippen LogP contribution in [-0.2, 0) is 6.42 Å². The van der Waals surface area contributed by atoms with Gasteiger partial charge in [0.2, 0.25) is 0 Å². The summed E-state index contributed by atoms with van der Waals surface area (Å²) in [6.07, 6.45) is 3.79. The maximum Gasteiger partial charge on any atom is -0.0305 e. The highest BCUT2D eigenvalue weighted by Crippen LogP contribution is 2.12. The van der Waals surface area contributed by atoms with Crippen LogP contribution in [0.5, 0.6) is 0 Å². The largest absolute Gasteiger partial charge is 0.0683 e. The van der Waals surface area contributed by atoms with E-state index in [0.29, 0.717) is 0 Å².